The number of halogens is 1. The van der Waals surface area contributed by atoms with Gasteiger partial charge in [-0.1, -0.05) is 6.92 Å². The highest BCUT2D eigenvalue weighted by molar-refractivity contribution is 6.09. The number of aromatic nitrogens is 1. The molecule has 0 aliphatic carbocycles. The molecule has 1 aliphatic rings. The molecular formula is C18H22FN3O. The van der Waals surface area contributed by atoms with E-state index in [1.54, 1.807) is 11.0 Å². The number of hydrogen-bond acceptors (Lipinski definition) is 2. The van der Waals surface area contributed by atoms with E-state index in [1.807, 2.05) is 30.8 Å². The summed E-state index contributed by atoms with van der Waals surface area (Å²) in [5, 5.41) is 0. The van der Waals surface area contributed by atoms with E-state index in [-0.39, 0.29) is 11.7 Å². The molecule has 122 valence electrons. The zero-order valence-electron chi connectivity index (χ0n) is 13.8. The summed E-state index contributed by atoms with van der Waals surface area (Å²) in [5.41, 5.74) is 3.19. The molecule has 1 aliphatic heterocycles. The van der Waals surface area contributed by atoms with E-state index in [0.717, 1.165) is 30.9 Å². The molecule has 5 heteroatoms. The van der Waals surface area contributed by atoms with Crippen molar-refractivity contribution in [3.05, 3.63) is 47.5 Å². The van der Waals surface area contributed by atoms with Crippen molar-refractivity contribution in [2.75, 3.05) is 29.4 Å². The fourth-order valence-corrected chi connectivity index (χ4v) is 3.14. The third-order valence-electron chi connectivity index (χ3n) is 4.52. The van der Waals surface area contributed by atoms with Gasteiger partial charge in [-0.05, 0) is 37.6 Å². The van der Waals surface area contributed by atoms with Crippen LogP contribution in [0.15, 0.2) is 30.5 Å². The molecule has 3 rings (SSSR count). The molecule has 2 aromatic rings. The molecular weight excluding hydrogens is 293 g/mol. The quantitative estimate of drug-likeness (QED) is 0.869. The molecule has 0 bridgehead atoms. The van der Waals surface area contributed by atoms with Gasteiger partial charge in [-0.25, -0.2) is 4.39 Å². The first-order valence-electron chi connectivity index (χ1n) is 8.01. The van der Waals surface area contributed by atoms with Crippen molar-refractivity contribution in [3.8, 4) is 0 Å². The Kier molecular flexibility index (Phi) is 4.11. The molecule has 2 heterocycles. The van der Waals surface area contributed by atoms with Gasteiger partial charge in [0.05, 0.1) is 16.9 Å². The minimum atomic E-state index is -0.315. The van der Waals surface area contributed by atoms with Crippen LogP contribution in [-0.4, -0.2) is 30.1 Å². The van der Waals surface area contributed by atoms with Crippen LogP contribution < -0.4 is 9.80 Å². The number of amides is 1. The van der Waals surface area contributed by atoms with Gasteiger partial charge in [-0.2, -0.15) is 0 Å². The van der Waals surface area contributed by atoms with Gasteiger partial charge < -0.3 is 14.4 Å². The van der Waals surface area contributed by atoms with Crippen molar-refractivity contribution in [1.29, 1.82) is 0 Å². The van der Waals surface area contributed by atoms with Crippen molar-refractivity contribution in [2.45, 2.75) is 20.3 Å². The van der Waals surface area contributed by atoms with Crippen LogP contribution in [0.25, 0.3) is 0 Å². The Balaban J connectivity index is 2.01. The standard InChI is InChI=1S/C18H22FN3O/c1-4-8-21-10-11-22(17-12-14(19)5-6-16(17)21)18(23)15-7-9-20(3)13(15)2/h5-7,9,12H,4,8,10-11H2,1-3H3. The number of aryl methyl sites for hydroxylation is 1. The summed E-state index contributed by atoms with van der Waals surface area (Å²) in [4.78, 5) is 16.9. The molecule has 0 N–H and O–H groups in total. The summed E-state index contributed by atoms with van der Waals surface area (Å²) >= 11 is 0. The van der Waals surface area contributed by atoms with E-state index in [1.165, 1.54) is 12.1 Å². The van der Waals surface area contributed by atoms with Crippen LogP contribution in [0.2, 0.25) is 0 Å². The lowest BCUT2D eigenvalue weighted by Gasteiger charge is -2.37. The number of rotatable bonds is 3. The van der Waals surface area contributed by atoms with E-state index in [4.69, 9.17) is 0 Å². The molecule has 1 amide bonds. The van der Waals surface area contributed by atoms with Crippen LogP contribution in [0, 0.1) is 12.7 Å². The second kappa shape index (κ2) is 6.07. The maximum Gasteiger partial charge on any atom is 0.260 e. The monoisotopic (exact) mass is 315 g/mol. The molecule has 1 aromatic heterocycles. The van der Waals surface area contributed by atoms with Gasteiger partial charge in [-0.15, -0.1) is 0 Å². The summed E-state index contributed by atoms with van der Waals surface area (Å²) in [5.74, 6) is -0.379. The van der Waals surface area contributed by atoms with Crippen molar-refractivity contribution >= 4 is 17.3 Å². The summed E-state index contributed by atoms with van der Waals surface area (Å²) < 4.78 is 15.7. The highest BCUT2D eigenvalue weighted by Crippen LogP contribution is 2.35. The van der Waals surface area contributed by atoms with Crippen LogP contribution in [-0.2, 0) is 7.05 Å². The van der Waals surface area contributed by atoms with Crippen LogP contribution in [0.1, 0.15) is 29.4 Å². The molecule has 0 spiro atoms. The minimum absolute atomic E-state index is 0.0638. The van der Waals surface area contributed by atoms with Gasteiger partial charge >= 0.3 is 0 Å². The van der Waals surface area contributed by atoms with Crippen molar-refractivity contribution in [2.24, 2.45) is 7.05 Å². The van der Waals surface area contributed by atoms with E-state index < -0.39 is 0 Å². The predicted molar refractivity (Wildman–Crippen MR) is 90.7 cm³/mol. The Hall–Kier alpha value is -2.30. The number of carbonyl (C=O) groups excluding carboxylic acids is 1. The molecule has 23 heavy (non-hydrogen) atoms. The second-order valence-corrected chi connectivity index (χ2v) is 6.00. The highest BCUT2D eigenvalue weighted by atomic mass is 19.1. The maximum absolute atomic E-state index is 13.8. The van der Waals surface area contributed by atoms with Crippen LogP contribution >= 0.6 is 0 Å². The largest absolute Gasteiger partial charge is 0.368 e. The summed E-state index contributed by atoms with van der Waals surface area (Å²) in [6, 6.07) is 6.53. The van der Waals surface area contributed by atoms with E-state index in [2.05, 4.69) is 11.8 Å². The molecule has 0 radical (unpaired) electrons. The summed E-state index contributed by atoms with van der Waals surface area (Å²) in [7, 11) is 1.92. The smallest absolute Gasteiger partial charge is 0.260 e. The maximum atomic E-state index is 13.8. The predicted octanol–water partition coefficient (Wildman–Crippen LogP) is 3.35. The van der Waals surface area contributed by atoms with E-state index in [9.17, 15) is 9.18 Å². The van der Waals surface area contributed by atoms with Gasteiger partial charge in [0, 0.05) is 38.6 Å². The molecule has 1 aromatic carbocycles. The van der Waals surface area contributed by atoms with Crippen molar-refractivity contribution in [1.82, 2.24) is 4.57 Å². The number of nitrogens with zero attached hydrogens (tertiary/aromatic N) is 3. The second-order valence-electron chi connectivity index (χ2n) is 6.00. The van der Waals surface area contributed by atoms with Crippen LogP contribution in [0.5, 0.6) is 0 Å². The molecule has 0 unspecified atom stereocenters. The van der Waals surface area contributed by atoms with Crippen molar-refractivity contribution < 1.29 is 9.18 Å². The van der Waals surface area contributed by atoms with E-state index >= 15 is 0 Å². The number of fused-ring (bicyclic) bond motifs is 1. The minimum Gasteiger partial charge on any atom is -0.368 e. The third-order valence-corrected chi connectivity index (χ3v) is 4.52. The molecule has 0 fully saturated rings. The Morgan fingerprint density at radius 1 is 1.22 bits per heavy atom. The third kappa shape index (κ3) is 2.71. The molecule has 0 atom stereocenters. The molecule has 0 saturated carbocycles. The lowest BCUT2D eigenvalue weighted by molar-refractivity contribution is 0.0986. The topological polar surface area (TPSA) is 28.5 Å². The zero-order valence-corrected chi connectivity index (χ0v) is 13.8. The summed E-state index contributed by atoms with van der Waals surface area (Å²) in [6.07, 6.45) is 2.89. The first-order valence-corrected chi connectivity index (χ1v) is 8.01. The highest BCUT2D eigenvalue weighted by Gasteiger charge is 2.28. The van der Waals surface area contributed by atoms with Gasteiger partial charge in [-0.3, -0.25) is 4.79 Å². The Labute approximate surface area is 136 Å². The Morgan fingerprint density at radius 3 is 2.65 bits per heavy atom. The fraction of sp³-hybridized carbons (Fsp3) is 0.389. The molecule has 4 nitrogen and oxygen atoms in total. The Morgan fingerprint density at radius 2 is 2.00 bits per heavy atom. The van der Waals surface area contributed by atoms with E-state index in [0.29, 0.717) is 17.8 Å². The number of benzene rings is 1. The SMILES string of the molecule is CCCN1CCN(C(=O)c2ccn(C)c2C)c2cc(F)ccc21. The van der Waals surface area contributed by atoms with Crippen LogP contribution in [0.4, 0.5) is 15.8 Å². The Bertz CT molecular complexity index is 738. The molecule has 0 saturated heterocycles. The average molecular weight is 315 g/mol. The fourth-order valence-electron chi connectivity index (χ4n) is 3.14. The lowest BCUT2D eigenvalue weighted by Crippen LogP contribution is -2.44. The zero-order chi connectivity index (χ0) is 16.6. The average Bonchev–Trinajstić information content (AvgIpc) is 2.86. The van der Waals surface area contributed by atoms with Gasteiger partial charge in [0.15, 0.2) is 0 Å². The van der Waals surface area contributed by atoms with Gasteiger partial charge in [0.2, 0.25) is 0 Å². The number of anilines is 2. The normalized spacial score (nSPS) is 14.1. The van der Waals surface area contributed by atoms with Crippen LogP contribution in [0.3, 0.4) is 0 Å². The number of hydrogen-bond donors (Lipinski definition) is 0. The first kappa shape index (κ1) is 15.6. The summed E-state index contributed by atoms with van der Waals surface area (Å²) in [6.45, 7) is 6.29. The number of carbonyl (C=O) groups is 1. The first-order chi connectivity index (χ1) is 11.0. The van der Waals surface area contributed by atoms with Gasteiger partial charge in [0.1, 0.15) is 5.82 Å². The van der Waals surface area contributed by atoms with Crippen molar-refractivity contribution in [3.63, 3.8) is 0 Å². The van der Waals surface area contributed by atoms with Gasteiger partial charge in [0.25, 0.3) is 5.91 Å². The lowest BCUT2D eigenvalue weighted by atomic mass is 10.1.